The van der Waals surface area contributed by atoms with Crippen molar-refractivity contribution in [3.05, 3.63) is 20.7 Å². The Balaban J connectivity index is 3.90. The molecule has 0 aromatic carbocycles. The van der Waals surface area contributed by atoms with Crippen LogP contribution in [0.15, 0.2) is 20.7 Å². The normalized spacial score (nSPS) is 11.8. The molecule has 0 heterocycles. The second-order valence-corrected chi connectivity index (χ2v) is 11.2. The molecule has 0 unspecified atom stereocenters. The van der Waals surface area contributed by atoms with Crippen LogP contribution in [-0.4, -0.2) is 35.9 Å². The molecule has 88 valence electrons. The van der Waals surface area contributed by atoms with Gasteiger partial charge in [0.2, 0.25) is 0 Å². The van der Waals surface area contributed by atoms with Crippen LogP contribution in [0.5, 0.6) is 0 Å². The van der Waals surface area contributed by atoms with Crippen molar-refractivity contribution in [2.75, 3.05) is 0 Å². The molecule has 0 atom stereocenters. The molecular weight excluding hydrogens is 363 g/mol. The van der Waals surface area contributed by atoms with Gasteiger partial charge in [0.1, 0.15) is 0 Å². The predicted molar refractivity (Wildman–Crippen MR) is 73.8 cm³/mol. The number of allylic oxidation sites excluding steroid dienone is 2. The molecule has 0 fully saturated rings. The Bertz CT molecular complexity index is 185. The average molecular weight is 387 g/mol. The van der Waals surface area contributed by atoms with Crippen molar-refractivity contribution in [3.63, 3.8) is 0 Å². The summed E-state index contributed by atoms with van der Waals surface area (Å²) in [7, 11) is 0. The molecule has 0 radical (unpaired) electrons. The van der Waals surface area contributed by atoms with Crippen LogP contribution in [0, 0.1) is 0 Å². The summed E-state index contributed by atoms with van der Waals surface area (Å²) in [6.07, 6.45) is 7.92. The average Bonchev–Trinajstić information content (AvgIpc) is 2.17. The Hall–Kier alpha value is 0.789. The van der Waals surface area contributed by atoms with E-state index in [0.717, 1.165) is 15.0 Å². The van der Waals surface area contributed by atoms with Crippen LogP contribution in [0.4, 0.5) is 0 Å². The summed E-state index contributed by atoms with van der Waals surface area (Å²) in [5, 5.41) is 1.44. The summed E-state index contributed by atoms with van der Waals surface area (Å²) in [4.78, 5) is 0. The quantitative estimate of drug-likeness (QED) is 0.316. The van der Waals surface area contributed by atoms with Gasteiger partial charge in [-0.15, -0.1) is 0 Å². The van der Waals surface area contributed by atoms with E-state index >= 15 is 0 Å². The molecule has 0 saturated heterocycles. The molecule has 0 amide bonds. The summed E-state index contributed by atoms with van der Waals surface area (Å²) >= 11 is 0.934. The third-order valence-electron chi connectivity index (χ3n) is 1.85. The van der Waals surface area contributed by atoms with E-state index in [4.69, 9.17) is 0 Å². The standard InChI is InChI=1S/C13H24SeTe/c1-5-7-9-14-13(11-12(3)4)15-10-8-6-2/h11H,3,5-10H2,1-2,4H3/b13-11+. The van der Waals surface area contributed by atoms with Gasteiger partial charge in [0.25, 0.3) is 0 Å². The number of unbranched alkanes of at least 4 members (excludes halogenated alkanes) is 2. The first-order chi connectivity index (χ1) is 7.20. The van der Waals surface area contributed by atoms with Crippen molar-refractivity contribution in [3.8, 4) is 0 Å². The molecular formula is C13H24SeTe. The maximum absolute atomic E-state index is 4.01. The van der Waals surface area contributed by atoms with E-state index in [0.29, 0.717) is 0 Å². The fourth-order valence-corrected chi connectivity index (χ4v) is 9.33. The van der Waals surface area contributed by atoms with E-state index < -0.39 is 0 Å². The van der Waals surface area contributed by atoms with E-state index in [2.05, 4.69) is 33.4 Å². The van der Waals surface area contributed by atoms with E-state index in [1.165, 1.54) is 41.0 Å². The van der Waals surface area contributed by atoms with Crippen molar-refractivity contribution < 1.29 is 0 Å². The molecule has 0 spiro atoms. The van der Waals surface area contributed by atoms with Gasteiger partial charge in [0.15, 0.2) is 0 Å². The van der Waals surface area contributed by atoms with Gasteiger partial charge in [-0.1, -0.05) is 0 Å². The molecule has 0 N–H and O–H groups in total. The molecule has 0 aromatic heterocycles. The first-order valence-electron chi connectivity index (χ1n) is 5.83. The fraction of sp³-hybridized carbons (Fsp3) is 0.692. The number of hydrogen-bond acceptors (Lipinski definition) is 0. The van der Waals surface area contributed by atoms with Crippen LogP contribution in [-0.2, 0) is 0 Å². The topological polar surface area (TPSA) is 0 Å². The zero-order valence-electron chi connectivity index (χ0n) is 10.3. The van der Waals surface area contributed by atoms with Crippen LogP contribution >= 0.6 is 0 Å². The van der Waals surface area contributed by atoms with Crippen LogP contribution in [0.25, 0.3) is 0 Å². The van der Waals surface area contributed by atoms with Crippen LogP contribution in [0.1, 0.15) is 46.5 Å². The Labute approximate surface area is 112 Å². The first kappa shape index (κ1) is 15.8. The molecule has 15 heavy (non-hydrogen) atoms. The summed E-state index contributed by atoms with van der Waals surface area (Å²) in [5.41, 5.74) is 1.25. The molecule has 0 bridgehead atoms. The zero-order valence-corrected chi connectivity index (χ0v) is 14.4. The monoisotopic (exact) mass is 390 g/mol. The molecule has 0 aliphatic carbocycles. The zero-order chi connectivity index (χ0) is 11.5. The molecule has 0 rings (SSSR count). The third kappa shape index (κ3) is 11.1. The second-order valence-electron chi connectivity index (χ2n) is 3.71. The van der Waals surface area contributed by atoms with Gasteiger partial charge in [-0.3, -0.25) is 0 Å². The Morgan fingerprint density at radius 1 is 1.27 bits per heavy atom. The van der Waals surface area contributed by atoms with Gasteiger partial charge in [-0.05, 0) is 0 Å². The van der Waals surface area contributed by atoms with Crippen molar-refractivity contribution in [1.82, 2.24) is 0 Å². The minimum absolute atomic E-state index is 0.151. The van der Waals surface area contributed by atoms with E-state index in [-0.39, 0.29) is 20.9 Å². The van der Waals surface area contributed by atoms with Gasteiger partial charge in [-0.2, -0.15) is 0 Å². The third-order valence-corrected chi connectivity index (χ3v) is 9.69. The molecule has 0 aliphatic heterocycles. The fourth-order valence-electron chi connectivity index (χ4n) is 0.960. The number of rotatable bonds is 9. The van der Waals surface area contributed by atoms with Crippen molar-refractivity contribution >= 4 is 35.9 Å². The van der Waals surface area contributed by atoms with Crippen molar-refractivity contribution in [2.45, 2.75) is 56.2 Å². The second kappa shape index (κ2) is 11.3. The maximum atomic E-state index is 4.01. The summed E-state index contributed by atoms with van der Waals surface area (Å²) in [6, 6.07) is 0. The summed E-state index contributed by atoms with van der Waals surface area (Å²) in [5.74, 6) is 0. The van der Waals surface area contributed by atoms with E-state index in [9.17, 15) is 0 Å². The molecule has 2 heteroatoms. The number of hydrogen-bond donors (Lipinski definition) is 0. The van der Waals surface area contributed by atoms with E-state index in [1.54, 1.807) is 0 Å². The van der Waals surface area contributed by atoms with Gasteiger partial charge < -0.3 is 0 Å². The minimum atomic E-state index is 0.151. The SMILES string of the molecule is C=C(C)/C=C(\[Se]CCCC)[Te]CCCC. The molecule has 0 aliphatic rings. The first-order valence-corrected chi connectivity index (χ1v) is 10.7. The Kier molecular flexibility index (Phi) is 11.9. The van der Waals surface area contributed by atoms with Crippen LogP contribution < -0.4 is 0 Å². The Morgan fingerprint density at radius 3 is 2.47 bits per heavy atom. The summed E-state index contributed by atoms with van der Waals surface area (Å²) in [6.45, 7) is 10.7. The van der Waals surface area contributed by atoms with Crippen molar-refractivity contribution in [2.24, 2.45) is 0 Å². The predicted octanol–water partition coefficient (Wildman–Crippen LogP) is 4.25. The molecule has 0 nitrogen and oxygen atoms in total. The Morgan fingerprint density at radius 2 is 1.93 bits per heavy atom. The van der Waals surface area contributed by atoms with Crippen molar-refractivity contribution in [1.29, 1.82) is 0 Å². The van der Waals surface area contributed by atoms with Gasteiger partial charge in [0.05, 0.1) is 0 Å². The van der Waals surface area contributed by atoms with Gasteiger partial charge in [-0.25, -0.2) is 0 Å². The molecule has 0 aromatic rings. The molecule has 0 saturated carbocycles. The van der Waals surface area contributed by atoms with Crippen LogP contribution in [0.2, 0.25) is 9.79 Å². The summed E-state index contributed by atoms with van der Waals surface area (Å²) < 4.78 is 3.30. The van der Waals surface area contributed by atoms with E-state index in [1.807, 2.05) is 2.52 Å². The van der Waals surface area contributed by atoms with Gasteiger partial charge in [0, 0.05) is 0 Å². The van der Waals surface area contributed by atoms with Gasteiger partial charge >= 0.3 is 113 Å². The van der Waals surface area contributed by atoms with Crippen LogP contribution in [0.3, 0.4) is 0 Å².